The number of rotatable bonds is 3. The highest BCUT2D eigenvalue weighted by molar-refractivity contribution is 5.70. The van der Waals surface area contributed by atoms with Crippen molar-refractivity contribution < 1.29 is 9.90 Å². The molecule has 0 spiro atoms. The van der Waals surface area contributed by atoms with Crippen molar-refractivity contribution in [3.8, 4) is 0 Å². The zero-order chi connectivity index (χ0) is 12.0. The van der Waals surface area contributed by atoms with Gasteiger partial charge in [-0.3, -0.25) is 4.79 Å². The van der Waals surface area contributed by atoms with E-state index in [4.69, 9.17) is 5.11 Å². The highest BCUT2D eigenvalue weighted by Gasteiger charge is 2.46. The molecule has 2 aliphatic carbocycles. The fourth-order valence-corrected chi connectivity index (χ4v) is 3.15. The van der Waals surface area contributed by atoms with Gasteiger partial charge in [-0.25, -0.2) is 0 Å². The first-order chi connectivity index (χ1) is 8.11. The summed E-state index contributed by atoms with van der Waals surface area (Å²) in [7, 11) is 0. The summed E-state index contributed by atoms with van der Waals surface area (Å²) in [6.45, 7) is 2.27. The molecule has 0 heterocycles. The van der Waals surface area contributed by atoms with Crippen molar-refractivity contribution in [3.63, 3.8) is 0 Å². The average Bonchev–Trinajstić information content (AvgIpc) is 2.97. The number of carbonyl (C=O) groups is 1. The van der Waals surface area contributed by atoms with Crippen LogP contribution in [0.15, 0.2) is 18.2 Å². The molecule has 1 saturated carbocycles. The quantitative estimate of drug-likeness (QED) is 0.865. The molecule has 0 amide bonds. The van der Waals surface area contributed by atoms with E-state index in [1.165, 1.54) is 29.5 Å². The molecule has 0 saturated heterocycles. The second kappa shape index (κ2) is 3.59. The Bertz CT molecular complexity index is 472. The van der Waals surface area contributed by atoms with Crippen molar-refractivity contribution in [2.24, 2.45) is 0 Å². The van der Waals surface area contributed by atoms with Crippen LogP contribution in [0.3, 0.4) is 0 Å². The van der Waals surface area contributed by atoms with E-state index >= 15 is 0 Å². The molecule has 0 radical (unpaired) electrons. The third kappa shape index (κ3) is 1.76. The Balaban J connectivity index is 1.95. The molecule has 0 aromatic heterocycles. The maximum atomic E-state index is 10.9. The number of hydrogen-bond donors (Lipinski definition) is 1. The highest BCUT2D eigenvalue weighted by Crippen LogP contribution is 2.52. The van der Waals surface area contributed by atoms with Crippen LogP contribution in [0.2, 0.25) is 0 Å². The largest absolute Gasteiger partial charge is 0.481 e. The average molecular weight is 230 g/mol. The van der Waals surface area contributed by atoms with Crippen LogP contribution in [0.1, 0.15) is 55.2 Å². The van der Waals surface area contributed by atoms with Crippen molar-refractivity contribution in [1.29, 1.82) is 0 Å². The predicted octanol–water partition coefficient (Wildman–Crippen LogP) is 3.24. The normalized spacial score (nSPS) is 24.4. The molecule has 0 bridgehead atoms. The van der Waals surface area contributed by atoms with Crippen LogP contribution in [0, 0.1) is 0 Å². The van der Waals surface area contributed by atoms with Crippen LogP contribution in [-0.2, 0) is 16.6 Å². The molecule has 3 rings (SSSR count). The molecular weight excluding hydrogens is 212 g/mol. The van der Waals surface area contributed by atoms with Gasteiger partial charge < -0.3 is 5.11 Å². The van der Waals surface area contributed by atoms with Gasteiger partial charge in [0.15, 0.2) is 0 Å². The Labute approximate surface area is 102 Å². The monoisotopic (exact) mass is 230 g/mol. The van der Waals surface area contributed by atoms with Crippen LogP contribution in [0.5, 0.6) is 0 Å². The van der Waals surface area contributed by atoms with Crippen LogP contribution in [0.4, 0.5) is 0 Å². The fourth-order valence-electron chi connectivity index (χ4n) is 3.15. The summed E-state index contributed by atoms with van der Waals surface area (Å²) in [5.41, 5.74) is 4.14. The zero-order valence-corrected chi connectivity index (χ0v) is 10.2. The first-order valence-electron chi connectivity index (χ1n) is 6.46. The molecule has 2 heteroatoms. The fraction of sp³-hybridized carbons (Fsp3) is 0.533. The molecule has 1 aromatic rings. The maximum absolute atomic E-state index is 10.9. The minimum atomic E-state index is -0.670. The van der Waals surface area contributed by atoms with Gasteiger partial charge in [0.25, 0.3) is 0 Å². The summed E-state index contributed by atoms with van der Waals surface area (Å²) in [5, 5.41) is 9.00. The van der Waals surface area contributed by atoms with E-state index in [1.54, 1.807) is 0 Å². The van der Waals surface area contributed by atoms with E-state index in [0.717, 1.165) is 12.8 Å². The van der Waals surface area contributed by atoms with Gasteiger partial charge in [0.05, 0.1) is 6.42 Å². The standard InChI is InChI=1S/C15H18O2/c1-10-2-3-11-4-5-12(8-13(10)11)15(6-7-15)9-14(16)17/h4-5,8,10H,2-3,6-7,9H2,1H3,(H,16,17). The number of hydrogen-bond acceptors (Lipinski definition) is 1. The van der Waals surface area contributed by atoms with Gasteiger partial charge in [-0.1, -0.05) is 25.1 Å². The molecule has 1 atom stereocenters. The smallest absolute Gasteiger partial charge is 0.304 e. The Morgan fingerprint density at radius 1 is 1.47 bits per heavy atom. The van der Waals surface area contributed by atoms with Gasteiger partial charge in [0, 0.05) is 5.41 Å². The lowest BCUT2D eigenvalue weighted by atomic mass is 9.89. The third-order valence-electron chi connectivity index (χ3n) is 4.48. The van der Waals surface area contributed by atoms with Crippen molar-refractivity contribution in [2.45, 2.75) is 50.4 Å². The lowest BCUT2D eigenvalue weighted by molar-refractivity contribution is -0.137. The second-order valence-electron chi connectivity index (χ2n) is 5.70. The summed E-state index contributed by atoms with van der Waals surface area (Å²) < 4.78 is 0. The van der Waals surface area contributed by atoms with Crippen molar-refractivity contribution in [2.75, 3.05) is 0 Å². The van der Waals surface area contributed by atoms with E-state index in [2.05, 4.69) is 25.1 Å². The van der Waals surface area contributed by atoms with Crippen molar-refractivity contribution >= 4 is 5.97 Å². The topological polar surface area (TPSA) is 37.3 Å². The number of aliphatic carboxylic acids is 1. The lowest BCUT2D eigenvalue weighted by Gasteiger charge is -2.15. The summed E-state index contributed by atoms with van der Waals surface area (Å²) >= 11 is 0. The van der Waals surface area contributed by atoms with Gasteiger partial charge in [-0.05, 0) is 48.3 Å². The van der Waals surface area contributed by atoms with E-state index in [9.17, 15) is 4.79 Å². The van der Waals surface area contributed by atoms with Gasteiger partial charge in [0.1, 0.15) is 0 Å². The van der Waals surface area contributed by atoms with E-state index in [-0.39, 0.29) is 5.41 Å². The van der Waals surface area contributed by atoms with Crippen molar-refractivity contribution in [1.82, 2.24) is 0 Å². The Morgan fingerprint density at radius 3 is 2.88 bits per heavy atom. The SMILES string of the molecule is CC1CCc2ccc(C3(CC(=O)O)CC3)cc21. The first kappa shape index (κ1) is 10.8. The predicted molar refractivity (Wildman–Crippen MR) is 66.3 cm³/mol. The molecular formula is C15H18O2. The van der Waals surface area contributed by atoms with Crippen molar-refractivity contribution in [3.05, 3.63) is 34.9 Å². The molecule has 1 aromatic carbocycles. The number of benzene rings is 1. The molecule has 2 aliphatic rings. The first-order valence-corrected chi connectivity index (χ1v) is 6.46. The molecule has 1 fully saturated rings. The third-order valence-corrected chi connectivity index (χ3v) is 4.48. The lowest BCUT2D eigenvalue weighted by Crippen LogP contribution is -2.13. The van der Waals surface area contributed by atoms with Crippen LogP contribution < -0.4 is 0 Å². The summed E-state index contributed by atoms with van der Waals surface area (Å²) in [6.07, 6.45) is 4.78. The Hall–Kier alpha value is -1.31. The molecule has 1 unspecified atom stereocenters. The van der Waals surface area contributed by atoms with Crippen LogP contribution in [-0.4, -0.2) is 11.1 Å². The molecule has 17 heavy (non-hydrogen) atoms. The number of fused-ring (bicyclic) bond motifs is 1. The maximum Gasteiger partial charge on any atom is 0.304 e. The summed E-state index contributed by atoms with van der Waals surface area (Å²) in [4.78, 5) is 10.9. The molecule has 2 nitrogen and oxygen atoms in total. The van der Waals surface area contributed by atoms with E-state index in [1.807, 2.05) is 0 Å². The van der Waals surface area contributed by atoms with E-state index < -0.39 is 5.97 Å². The molecule has 1 N–H and O–H groups in total. The zero-order valence-electron chi connectivity index (χ0n) is 10.2. The van der Waals surface area contributed by atoms with Gasteiger partial charge in [0.2, 0.25) is 0 Å². The van der Waals surface area contributed by atoms with Gasteiger partial charge in [-0.15, -0.1) is 0 Å². The second-order valence-corrected chi connectivity index (χ2v) is 5.70. The highest BCUT2D eigenvalue weighted by atomic mass is 16.4. The van der Waals surface area contributed by atoms with Crippen LogP contribution in [0.25, 0.3) is 0 Å². The molecule has 90 valence electrons. The molecule has 0 aliphatic heterocycles. The minimum Gasteiger partial charge on any atom is -0.481 e. The van der Waals surface area contributed by atoms with E-state index in [0.29, 0.717) is 12.3 Å². The summed E-state index contributed by atoms with van der Waals surface area (Å²) in [6, 6.07) is 6.66. The summed E-state index contributed by atoms with van der Waals surface area (Å²) in [5.74, 6) is -0.0263. The Kier molecular flexibility index (Phi) is 2.29. The number of carboxylic acids is 1. The van der Waals surface area contributed by atoms with Crippen LogP contribution >= 0.6 is 0 Å². The minimum absolute atomic E-state index is 0.0385. The van der Waals surface area contributed by atoms with Gasteiger partial charge in [-0.2, -0.15) is 0 Å². The number of aryl methyl sites for hydroxylation is 1. The Morgan fingerprint density at radius 2 is 2.24 bits per heavy atom. The number of carboxylic acid groups (broad SMARTS) is 1. The van der Waals surface area contributed by atoms with Gasteiger partial charge >= 0.3 is 5.97 Å².